The number of benzene rings is 1. The zero-order valence-corrected chi connectivity index (χ0v) is 13.3. The van der Waals surface area contributed by atoms with E-state index < -0.39 is 0 Å². The molecule has 0 radical (unpaired) electrons. The number of esters is 1. The SMILES string of the molecule is CCOC(=O)c1cn(CCCN(C)C)c(=O)c2ccccc12. The predicted octanol–water partition coefficient (Wildman–Crippen LogP) is 2.13. The number of nitrogens with zero attached hydrogens (tertiary/aromatic N) is 2. The summed E-state index contributed by atoms with van der Waals surface area (Å²) in [7, 11) is 3.99. The molecule has 0 aliphatic heterocycles. The summed E-state index contributed by atoms with van der Waals surface area (Å²) in [6.07, 6.45) is 2.46. The maximum Gasteiger partial charge on any atom is 0.340 e. The van der Waals surface area contributed by atoms with Crippen molar-refractivity contribution in [3.63, 3.8) is 0 Å². The van der Waals surface area contributed by atoms with Gasteiger partial charge in [-0.1, -0.05) is 18.2 Å². The van der Waals surface area contributed by atoms with Crippen molar-refractivity contribution in [1.29, 1.82) is 0 Å². The molecule has 0 saturated carbocycles. The average Bonchev–Trinajstić information content (AvgIpc) is 2.49. The second-order valence-electron chi connectivity index (χ2n) is 5.46. The van der Waals surface area contributed by atoms with Gasteiger partial charge >= 0.3 is 5.97 Å². The Balaban J connectivity index is 2.46. The highest BCUT2D eigenvalue weighted by Crippen LogP contribution is 2.16. The number of aryl methyl sites for hydroxylation is 1. The molecule has 5 heteroatoms. The number of aromatic nitrogens is 1. The van der Waals surface area contributed by atoms with Crippen LogP contribution in [0.4, 0.5) is 0 Å². The van der Waals surface area contributed by atoms with Gasteiger partial charge in [-0.3, -0.25) is 4.79 Å². The first-order valence-electron chi connectivity index (χ1n) is 7.48. The molecule has 5 nitrogen and oxygen atoms in total. The summed E-state index contributed by atoms with van der Waals surface area (Å²) in [4.78, 5) is 26.8. The van der Waals surface area contributed by atoms with Crippen LogP contribution in [0, 0.1) is 0 Å². The maximum atomic E-state index is 12.5. The van der Waals surface area contributed by atoms with Crippen LogP contribution in [-0.2, 0) is 11.3 Å². The fourth-order valence-electron chi connectivity index (χ4n) is 2.44. The van der Waals surface area contributed by atoms with E-state index in [1.165, 1.54) is 0 Å². The van der Waals surface area contributed by atoms with Crippen LogP contribution >= 0.6 is 0 Å². The van der Waals surface area contributed by atoms with E-state index in [-0.39, 0.29) is 11.5 Å². The molecule has 0 atom stereocenters. The third-order valence-corrected chi connectivity index (χ3v) is 3.49. The highest BCUT2D eigenvalue weighted by molar-refractivity contribution is 6.03. The number of carbonyl (C=O) groups excluding carboxylic acids is 1. The minimum atomic E-state index is -0.389. The van der Waals surface area contributed by atoms with E-state index >= 15 is 0 Å². The standard InChI is InChI=1S/C17H22N2O3/c1-4-22-17(21)15-12-19(11-7-10-18(2)3)16(20)14-9-6-5-8-13(14)15/h5-6,8-9,12H,4,7,10-11H2,1-3H3. The molecule has 22 heavy (non-hydrogen) atoms. The van der Waals surface area contributed by atoms with Crippen molar-refractivity contribution >= 4 is 16.7 Å². The summed E-state index contributed by atoms with van der Waals surface area (Å²) in [5, 5.41) is 1.20. The zero-order valence-electron chi connectivity index (χ0n) is 13.3. The topological polar surface area (TPSA) is 51.5 Å². The summed E-state index contributed by atoms with van der Waals surface area (Å²) in [5.74, 6) is -0.389. The molecule has 0 spiro atoms. The Morgan fingerprint density at radius 1 is 1.23 bits per heavy atom. The summed E-state index contributed by atoms with van der Waals surface area (Å²) < 4.78 is 6.72. The number of hydrogen-bond donors (Lipinski definition) is 0. The molecule has 2 rings (SSSR count). The molecule has 0 unspecified atom stereocenters. The molecular formula is C17H22N2O3. The van der Waals surface area contributed by atoms with E-state index in [0.717, 1.165) is 13.0 Å². The summed E-state index contributed by atoms with van der Waals surface area (Å²) >= 11 is 0. The molecule has 0 aliphatic rings. The Labute approximate surface area is 130 Å². The van der Waals surface area contributed by atoms with Crippen LogP contribution in [-0.4, -0.2) is 42.7 Å². The van der Waals surface area contributed by atoms with E-state index in [2.05, 4.69) is 4.90 Å². The smallest absolute Gasteiger partial charge is 0.340 e. The van der Waals surface area contributed by atoms with Crippen molar-refractivity contribution < 1.29 is 9.53 Å². The molecule has 0 aliphatic carbocycles. The van der Waals surface area contributed by atoms with Gasteiger partial charge in [0.25, 0.3) is 5.56 Å². The van der Waals surface area contributed by atoms with Crippen LogP contribution in [0.5, 0.6) is 0 Å². The van der Waals surface area contributed by atoms with Gasteiger partial charge in [-0.05, 0) is 40.1 Å². The monoisotopic (exact) mass is 302 g/mol. The van der Waals surface area contributed by atoms with Gasteiger partial charge in [0.15, 0.2) is 0 Å². The van der Waals surface area contributed by atoms with Gasteiger partial charge in [-0.25, -0.2) is 4.79 Å². The van der Waals surface area contributed by atoms with Gasteiger partial charge in [-0.15, -0.1) is 0 Å². The average molecular weight is 302 g/mol. The fraction of sp³-hybridized carbons (Fsp3) is 0.412. The van der Waals surface area contributed by atoms with E-state index in [1.54, 1.807) is 29.8 Å². The molecule has 1 aromatic heterocycles. The Morgan fingerprint density at radius 3 is 2.55 bits per heavy atom. The van der Waals surface area contributed by atoms with E-state index in [0.29, 0.717) is 29.5 Å². The van der Waals surface area contributed by atoms with E-state index in [4.69, 9.17) is 4.74 Å². The minimum Gasteiger partial charge on any atom is -0.462 e. The van der Waals surface area contributed by atoms with Gasteiger partial charge in [-0.2, -0.15) is 0 Å². The fourth-order valence-corrected chi connectivity index (χ4v) is 2.44. The molecule has 0 saturated heterocycles. The van der Waals surface area contributed by atoms with Crippen LogP contribution in [0.25, 0.3) is 10.8 Å². The van der Waals surface area contributed by atoms with Crippen LogP contribution in [0.3, 0.4) is 0 Å². The molecule has 1 aromatic carbocycles. The van der Waals surface area contributed by atoms with Gasteiger partial charge in [0.1, 0.15) is 0 Å². The normalized spacial score (nSPS) is 11.1. The number of ether oxygens (including phenoxy) is 1. The summed E-state index contributed by atoms with van der Waals surface area (Å²) in [6.45, 7) is 3.54. The van der Waals surface area contributed by atoms with Crippen LogP contribution in [0.15, 0.2) is 35.3 Å². The van der Waals surface area contributed by atoms with Gasteiger partial charge in [0.05, 0.1) is 12.2 Å². The lowest BCUT2D eigenvalue weighted by molar-refractivity contribution is 0.0527. The van der Waals surface area contributed by atoms with E-state index in [9.17, 15) is 9.59 Å². The summed E-state index contributed by atoms with van der Waals surface area (Å²) in [5.41, 5.74) is 0.379. The number of carbonyl (C=O) groups is 1. The highest BCUT2D eigenvalue weighted by Gasteiger charge is 2.15. The minimum absolute atomic E-state index is 0.0672. The third kappa shape index (κ3) is 3.54. The first kappa shape index (κ1) is 16.2. The Kier molecular flexibility index (Phi) is 5.33. The van der Waals surface area contributed by atoms with Crippen molar-refractivity contribution in [3.05, 3.63) is 46.4 Å². The third-order valence-electron chi connectivity index (χ3n) is 3.49. The first-order chi connectivity index (χ1) is 10.5. The Morgan fingerprint density at radius 2 is 1.91 bits per heavy atom. The molecule has 1 heterocycles. The quantitative estimate of drug-likeness (QED) is 0.767. The van der Waals surface area contributed by atoms with Crippen molar-refractivity contribution in [3.8, 4) is 0 Å². The number of fused-ring (bicyclic) bond motifs is 1. The molecular weight excluding hydrogens is 280 g/mol. The van der Waals surface area contributed by atoms with Crippen molar-refractivity contribution in [1.82, 2.24) is 9.47 Å². The van der Waals surface area contributed by atoms with E-state index in [1.807, 2.05) is 26.2 Å². The lowest BCUT2D eigenvalue weighted by Crippen LogP contribution is -2.24. The second kappa shape index (κ2) is 7.22. The molecule has 118 valence electrons. The second-order valence-corrected chi connectivity index (χ2v) is 5.46. The maximum absolute atomic E-state index is 12.5. The molecule has 0 N–H and O–H groups in total. The first-order valence-corrected chi connectivity index (χ1v) is 7.48. The lowest BCUT2D eigenvalue weighted by Gasteiger charge is -2.13. The van der Waals surface area contributed by atoms with Crippen LogP contribution in [0.2, 0.25) is 0 Å². The molecule has 2 aromatic rings. The van der Waals surface area contributed by atoms with Crippen LogP contribution < -0.4 is 5.56 Å². The Bertz CT molecular complexity index is 719. The van der Waals surface area contributed by atoms with Crippen LogP contribution in [0.1, 0.15) is 23.7 Å². The largest absolute Gasteiger partial charge is 0.462 e. The van der Waals surface area contributed by atoms with Gasteiger partial charge < -0.3 is 14.2 Å². The summed E-state index contributed by atoms with van der Waals surface area (Å²) in [6, 6.07) is 7.17. The number of hydrogen-bond acceptors (Lipinski definition) is 4. The highest BCUT2D eigenvalue weighted by atomic mass is 16.5. The van der Waals surface area contributed by atoms with Crippen molar-refractivity contribution in [2.45, 2.75) is 19.9 Å². The van der Waals surface area contributed by atoms with Gasteiger partial charge in [0, 0.05) is 23.5 Å². The predicted molar refractivity (Wildman–Crippen MR) is 87.3 cm³/mol. The molecule has 0 fully saturated rings. The van der Waals surface area contributed by atoms with Crippen molar-refractivity contribution in [2.75, 3.05) is 27.2 Å². The van der Waals surface area contributed by atoms with Crippen molar-refractivity contribution in [2.24, 2.45) is 0 Å². The number of rotatable bonds is 6. The van der Waals surface area contributed by atoms with Gasteiger partial charge in [0.2, 0.25) is 0 Å². The zero-order chi connectivity index (χ0) is 16.1. The Hall–Kier alpha value is -2.14. The number of pyridine rings is 1. The molecule has 0 bridgehead atoms. The lowest BCUT2D eigenvalue weighted by atomic mass is 10.1. The molecule has 0 amide bonds.